The molecule has 0 heterocycles. The van der Waals surface area contributed by atoms with Crippen LogP contribution in [-0.2, 0) is 36.8 Å². The first kappa shape index (κ1) is 28.6. The highest BCUT2D eigenvalue weighted by molar-refractivity contribution is 5.95. The van der Waals surface area contributed by atoms with Gasteiger partial charge in [0.1, 0.15) is 30.1 Å². The highest BCUT2D eigenvalue weighted by atomic mass is 16.4. The molecular weight excluding hydrogens is 486 g/mol. The van der Waals surface area contributed by atoms with Gasteiger partial charge in [-0.25, -0.2) is 0 Å². The first-order valence-electron chi connectivity index (χ1n) is 11.1. The van der Waals surface area contributed by atoms with Crippen LogP contribution in [0.2, 0.25) is 0 Å². The summed E-state index contributed by atoms with van der Waals surface area (Å²) in [5.74, 6) is -4.53. The van der Waals surface area contributed by atoms with Gasteiger partial charge in [0.15, 0.2) is 0 Å². The molecule has 3 atom stereocenters. The van der Waals surface area contributed by atoms with E-state index < -0.39 is 60.7 Å². The Labute approximate surface area is 211 Å². The summed E-state index contributed by atoms with van der Waals surface area (Å²) in [6, 6.07) is 7.83. The molecule has 0 spiro atoms. The Morgan fingerprint density at radius 2 is 1.16 bits per heavy atom. The Bertz CT molecular complexity index is 1120. The van der Waals surface area contributed by atoms with Crippen LogP contribution >= 0.6 is 0 Å². The SMILES string of the molecule is NC(=O)CC(N)C(=O)NC(Cc1ccc(O)cc1)C(=O)NC(Cc1ccc(O)cc1)C(=O)NCC(=O)O. The summed E-state index contributed by atoms with van der Waals surface area (Å²) < 4.78 is 0. The predicted molar refractivity (Wildman–Crippen MR) is 130 cm³/mol. The minimum absolute atomic E-state index is 0.0105. The van der Waals surface area contributed by atoms with Gasteiger partial charge in [0.05, 0.1) is 12.5 Å². The van der Waals surface area contributed by atoms with Crippen LogP contribution in [0.15, 0.2) is 48.5 Å². The number of amides is 4. The number of phenolic OH excluding ortho intramolecular Hbond substituents is 2. The topological polar surface area (TPSA) is 234 Å². The molecule has 0 aromatic heterocycles. The number of hydrogen-bond donors (Lipinski definition) is 8. The van der Waals surface area contributed by atoms with Gasteiger partial charge in [0.2, 0.25) is 23.6 Å². The van der Waals surface area contributed by atoms with Crippen LogP contribution < -0.4 is 27.4 Å². The lowest BCUT2D eigenvalue weighted by molar-refractivity contribution is -0.138. The number of carbonyl (C=O) groups is 5. The smallest absolute Gasteiger partial charge is 0.322 e. The largest absolute Gasteiger partial charge is 0.508 e. The van der Waals surface area contributed by atoms with E-state index in [-0.39, 0.29) is 24.3 Å². The van der Waals surface area contributed by atoms with Gasteiger partial charge >= 0.3 is 5.97 Å². The summed E-state index contributed by atoms with van der Waals surface area (Å²) in [7, 11) is 0. The molecule has 0 aliphatic heterocycles. The molecule has 0 bridgehead atoms. The Morgan fingerprint density at radius 1 is 0.730 bits per heavy atom. The summed E-state index contributed by atoms with van der Waals surface area (Å²) in [5.41, 5.74) is 11.9. The van der Waals surface area contributed by atoms with Gasteiger partial charge in [-0.2, -0.15) is 0 Å². The van der Waals surface area contributed by atoms with Gasteiger partial charge in [-0.05, 0) is 35.4 Å². The van der Waals surface area contributed by atoms with Crippen molar-refractivity contribution in [2.75, 3.05) is 6.54 Å². The Hall–Kier alpha value is -4.65. The molecule has 198 valence electrons. The number of aliphatic carboxylic acids is 1. The molecule has 0 saturated heterocycles. The molecule has 2 rings (SSSR count). The van der Waals surface area contributed by atoms with Crippen LogP contribution in [0, 0.1) is 0 Å². The number of carbonyl (C=O) groups excluding carboxylic acids is 4. The van der Waals surface area contributed by atoms with Crippen molar-refractivity contribution in [2.24, 2.45) is 11.5 Å². The molecule has 0 aliphatic carbocycles. The van der Waals surface area contributed by atoms with Crippen LogP contribution in [-0.4, -0.2) is 69.6 Å². The summed E-state index contributed by atoms with van der Waals surface area (Å²) in [5, 5.41) is 35.1. The maximum Gasteiger partial charge on any atom is 0.322 e. The number of rotatable bonds is 13. The fraction of sp³-hybridized carbons (Fsp3) is 0.292. The van der Waals surface area contributed by atoms with E-state index in [1.165, 1.54) is 48.5 Å². The molecular formula is C24H29N5O8. The van der Waals surface area contributed by atoms with E-state index >= 15 is 0 Å². The number of carboxylic acids is 1. The summed E-state index contributed by atoms with van der Waals surface area (Å²) >= 11 is 0. The monoisotopic (exact) mass is 515 g/mol. The van der Waals surface area contributed by atoms with Gasteiger partial charge < -0.3 is 42.7 Å². The predicted octanol–water partition coefficient (Wildman–Crippen LogP) is -1.74. The molecule has 2 aromatic carbocycles. The lowest BCUT2D eigenvalue weighted by atomic mass is 10.0. The van der Waals surface area contributed by atoms with Crippen molar-refractivity contribution in [1.29, 1.82) is 0 Å². The summed E-state index contributed by atoms with van der Waals surface area (Å²) in [4.78, 5) is 60.5. The average molecular weight is 516 g/mol. The number of primary amides is 1. The third-order valence-corrected chi connectivity index (χ3v) is 5.19. The average Bonchev–Trinajstić information content (AvgIpc) is 2.83. The van der Waals surface area contributed by atoms with E-state index in [1.54, 1.807) is 0 Å². The molecule has 37 heavy (non-hydrogen) atoms. The van der Waals surface area contributed by atoms with Crippen molar-refractivity contribution in [2.45, 2.75) is 37.4 Å². The quantitative estimate of drug-likeness (QED) is 0.151. The van der Waals surface area contributed by atoms with Crippen molar-refractivity contribution < 1.29 is 39.3 Å². The van der Waals surface area contributed by atoms with Gasteiger partial charge in [0.25, 0.3) is 0 Å². The lowest BCUT2D eigenvalue weighted by Crippen LogP contribution is -2.57. The van der Waals surface area contributed by atoms with E-state index in [1.807, 2.05) is 0 Å². The molecule has 10 N–H and O–H groups in total. The molecule has 2 aromatic rings. The molecule has 13 nitrogen and oxygen atoms in total. The molecule has 0 saturated carbocycles. The zero-order chi connectivity index (χ0) is 27.5. The number of benzene rings is 2. The number of hydrogen-bond acceptors (Lipinski definition) is 8. The minimum Gasteiger partial charge on any atom is -0.508 e. The molecule has 13 heteroatoms. The molecule has 0 radical (unpaired) electrons. The molecule has 3 unspecified atom stereocenters. The molecule has 0 fully saturated rings. The normalized spacial score (nSPS) is 13.0. The van der Waals surface area contributed by atoms with Crippen LogP contribution in [0.25, 0.3) is 0 Å². The van der Waals surface area contributed by atoms with Crippen molar-refractivity contribution in [1.82, 2.24) is 16.0 Å². The third-order valence-electron chi connectivity index (χ3n) is 5.19. The summed E-state index contributed by atoms with van der Waals surface area (Å²) in [6.07, 6.45) is -0.581. The van der Waals surface area contributed by atoms with Gasteiger partial charge in [-0.3, -0.25) is 24.0 Å². The number of phenols is 2. The number of nitrogens with two attached hydrogens (primary N) is 2. The second-order valence-electron chi connectivity index (χ2n) is 8.25. The third kappa shape index (κ3) is 9.85. The number of aromatic hydroxyl groups is 2. The number of carboxylic acid groups (broad SMARTS) is 1. The lowest BCUT2D eigenvalue weighted by Gasteiger charge is -2.24. The molecule has 4 amide bonds. The summed E-state index contributed by atoms with van der Waals surface area (Å²) in [6.45, 7) is -0.684. The second kappa shape index (κ2) is 13.4. The highest BCUT2D eigenvalue weighted by Crippen LogP contribution is 2.14. The minimum atomic E-state index is -1.32. The van der Waals surface area contributed by atoms with E-state index in [4.69, 9.17) is 16.6 Å². The maximum absolute atomic E-state index is 13.2. The fourth-order valence-electron chi connectivity index (χ4n) is 3.30. The Kier molecular flexibility index (Phi) is 10.4. The first-order valence-corrected chi connectivity index (χ1v) is 11.1. The van der Waals surface area contributed by atoms with Gasteiger partial charge in [-0.1, -0.05) is 24.3 Å². The number of nitrogens with one attached hydrogen (secondary N) is 3. The zero-order valence-corrected chi connectivity index (χ0v) is 19.7. The van der Waals surface area contributed by atoms with E-state index in [2.05, 4.69) is 16.0 Å². The van der Waals surface area contributed by atoms with Crippen molar-refractivity contribution in [3.63, 3.8) is 0 Å². The Morgan fingerprint density at radius 3 is 1.59 bits per heavy atom. The Balaban J connectivity index is 2.27. The van der Waals surface area contributed by atoms with Crippen LogP contribution in [0.1, 0.15) is 17.5 Å². The van der Waals surface area contributed by atoms with E-state index in [9.17, 15) is 34.2 Å². The molecule has 0 aliphatic rings. The standard InChI is InChI=1S/C24H29N5O8/c25-17(11-20(26)32)22(35)28-19(10-14-3-7-16(31)8-4-14)24(37)29-18(23(36)27-12-21(33)34)9-13-1-5-15(30)6-2-13/h1-8,17-19,30-31H,9-12,25H2,(H2,26,32)(H,27,36)(H,28,35)(H,29,37)(H,33,34). The van der Waals surface area contributed by atoms with Crippen molar-refractivity contribution in [3.8, 4) is 11.5 Å². The van der Waals surface area contributed by atoms with Gasteiger partial charge in [-0.15, -0.1) is 0 Å². The van der Waals surface area contributed by atoms with Gasteiger partial charge in [0, 0.05) is 12.8 Å². The van der Waals surface area contributed by atoms with Crippen LogP contribution in [0.3, 0.4) is 0 Å². The van der Waals surface area contributed by atoms with Crippen molar-refractivity contribution in [3.05, 3.63) is 59.7 Å². The first-order chi connectivity index (χ1) is 17.4. The second-order valence-corrected chi connectivity index (χ2v) is 8.25. The van der Waals surface area contributed by atoms with Crippen LogP contribution in [0.4, 0.5) is 0 Å². The maximum atomic E-state index is 13.2. The van der Waals surface area contributed by atoms with Crippen LogP contribution in [0.5, 0.6) is 11.5 Å². The zero-order valence-electron chi connectivity index (χ0n) is 19.7. The van der Waals surface area contributed by atoms with E-state index in [0.717, 1.165) is 0 Å². The van der Waals surface area contributed by atoms with E-state index in [0.29, 0.717) is 11.1 Å². The highest BCUT2D eigenvalue weighted by Gasteiger charge is 2.29. The fourth-order valence-corrected chi connectivity index (χ4v) is 3.30. The van der Waals surface area contributed by atoms with Crippen molar-refractivity contribution >= 4 is 29.6 Å².